The standard InChI is InChI=1S/C28H27F2NOS/c29-22-11-7-20(8-12-22)26(32)6-3-17-31-18-15-28(16-19-31)25-5-2-1-4-24(25)27(33-28)21-9-13-23(30)14-10-21/h1-2,4-5,7-14,27H,3,6,15-19H2. The van der Waals surface area contributed by atoms with Gasteiger partial charge in [-0.05, 0) is 92.0 Å². The summed E-state index contributed by atoms with van der Waals surface area (Å²) in [4.78, 5) is 14.8. The van der Waals surface area contributed by atoms with E-state index in [0.29, 0.717) is 12.0 Å². The molecule has 0 aromatic heterocycles. The van der Waals surface area contributed by atoms with E-state index < -0.39 is 0 Å². The van der Waals surface area contributed by atoms with Gasteiger partial charge in [-0.1, -0.05) is 36.4 Å². The van der Waals surface area contributed by atoms with Crippen molar-refractivity contribution in [1.82, 2.24) is 4.90 Å². The van der Waals surface area contributed by atoms with Crippen molar-refractivity contribution < 1.29 is 13.6 Å². The molecule has 0 radical (unpaired) electrons. The molecule has 0 aliphatic carbocycles. The Morgan fingerprint density at radius 2 is 1.55 bits per heavy atom. The van der Waals surface area contributed by atoms with Crippen LogP contribution in [0.2, 0.25) is 0 Å². The Hall–Kier alpha value is -2.50. The third-order valence-corrected chi connectivity index (χ3v) is 8.80. The molecule has 0 bridgehead atoms. The minimum atomic E-state index is -0.318. The minimum Gasteiger partial charge on any atom is -0.303 e. The molecule has 1 unspecified atom stereocenters. The lowest BCUT2D eigenvalue weighted by atomic mass is 9.84. The molecule has 2 heterocycles. The molecule has 1 atom stereocenters. The summed E-state index contributed by atoms with van der Waals surface area (Å²) in [6.07, 6.45) is 3.43. The number of ketones is 1. The summed E-state index contributed by atoms with van der Waals surface area (Å²) >= 11 is 2.02. The Kier molecular flexibility index (Phi) is 6.35. The maximum Gasteiger partial charge on any atom is 0.162 e. The summed E-state index contributed by atoms with van der Waals surface area (Å²) in [5.74, 6) is -0.441. The smallest absolute Gasteiger partial charge is 0.162 e. The number of hydrogen-bond acceptors (Lipinski definition) is 3. The van der Waals surface area contributed by atoms with E-state index in [4.69, 9.17) is 0 Å². The van der Waals surface area contributed by atoms with Gasteiger partial charge >= 0.3 is 0 Å². The fourth-order valence-electron chi connectivity index (χ4n) is 5.15. The molecule has 1 saturated heterocycles. The van der Waals surface area contributed by atoms with E-state index in [2.05, 4.69) is 29.2 Å². The molecule has 0 saturated carbocycles. The number of benzene rings is 3. The summed E-state index contributed by atoms with van der Waals surface area (Å²) in [6.45, 7) is 2.90. The number of thioether (sulfide) groups is 1. The molecule has 3 aromatic carbocycles. The van der Waals surface area contributed by atoms with E-state index in [9.17, 15) is 13.6 Å². The lowest BCUT2D eigenvalue weighted by Crippen LogP contribution is -2.40. The first kappa shape index (κ1) is 22.3. The molecule has 33 heavy (non-hydrogen) atoms. The van der Waals surface area contributed by atoms with E-state index in [-0.39, 0.29) is 27.4 Å². The average Bonchev–Trinajstić information content (AvgIpc) is 3.15. The summed E-state index contributed by atoms with van der Waals surface area (Å²) in [5, 5.41) is 0.238. The van der Waals surface area contributed by atoms with E-state index >= 15 is 0 Å². The second-order valence-corrected chi connectivity index (χ2v) is 10.5. The van der Waals surface area contributed by atoms with Gasteiger partial charge in [-0.2, -0.15) is 0 Å². The molecule has 1 spiro atoms. The van der Waals surface area contributed by atoms with Gasteiger partial charge in [-0.25, -0.2) is 8.78 Å². The number of hydrogen-bond donors (Lipinski definition) is 0. The van der Waals surface area contributed by atoms with Gasteiger partial charge in [0.25, 0.3) is 0 Å². The Labute approximate surface area is 198 Å². The second kappa shape index (κ2) is 9.40. The maximum absolute atomic E-state index is 13.5. The summed E-state index contributed by atoms with van der Waals surface area (Å²) in [7, 11) is 0. The van der Waals surface area contributed by atoms with Crippen molar-refractivity contribution in [3.63, 3.8) is 0 Å². The van der Waals surface area contributed by atoms with Crippen LogP contribution in [0, 0.1) is 11.6 Å². The molecular weight excluding hydrogens is 436 g/mol. The van der Waals surface area contributed by atoms with Crippen LogP contribution >= 0.6 is 11.8 Å². The Balaban J connectivity index is 1.20. The molecule has 5 heteroatoms. The zero-order chi connectivity index (χ0) is 22.8. The molecule has 2 aliphatic heterocycles. The molecule has 1 fully saturated rings. The molecule has 2 nitrogen and oxygen atoms in total. The molecule has 3 aromatic rings. The van der Waals surface area contributed by atoms with Crippen LogP contribution in [0.15, 0.2) is 72.8 Å². The van der Waals surface area contributed by atoms with Crippen molar-refractivity contribution in [1.29, 1.82) is 0 Å². The topological polar surface area (TPSA) is 20.3 Å². The number of rotatable bonds is 6. The van der Waals surface area contributed by atoms with Gasteiger partial charge in [0.1, 0.15) is 11.6 Å². The zero-order valence-corrected chi connectivity index (χ0v) is 19.3. The number of fused-ring (bicyclic) bond motifs is 2. The highest BCUT2D eigenvalue weighted by molar-refractivity contribution is 8.01. The molecule has 0 amide bonds. The molecule has 2 aliphatic rings. The second-order valence-electron chi connectivity index (χ2n) is 9.01. The molecular formula is C28H27F2NOS. The van der Waals surface area contributed by atoms with E-state index in [0.717, 1.165) is 44.5 Å². The Morgan fingerprint density at radius 1 is 0.909 bits per heavy atom. The zero-order valence-electron chi connectivity index (χ0n) is 18.5. The third kappa shape index (κ3) is 4.62. The van der Waals surface area contributed by atoms with Crippen LogP contribution in [0.3, 0.4) is 0 Å². The summed E-state index contributed by atoms with van der Waals surface area (Å²) in [5.41, 5.74) is 4.52. The van der Waals surface area contributed by atoms with Crippen LogP contribution in [0.1, 0.15) is 58.0 Å². The number of carbonyl (C=O) groups is 1. The fourth-order valence-corrected chi connectivity index (χ4v) is 6.95. The van der Waals surface area contributed by atoms with Gasteiger partial charge in [0, 0.05) is 16.7 Å². The van der Waals surface area contributed by atoms with Crippen molar-refractivity contribution in [3.05, 3.63) is 107 Å². The van der Waals surface area contributed by atoms with Crippen LogP contribution in [-0.2, 0) is 4.75 Å². The Bertz CT molecular complexity index is 1120. The molecule has 0 N–H and O–H groups in total. The lowest BCUT2D eigenvalue weighted by Gasteiger charge is -2.39. The minimum absolute atomic E-state index is 0.0749. The van der Waals surface area contributed by atoms with Crippen LogP contribution in [0.5, 0.6) is 0 Å². The third-order valence-electron chi connectivity index (χ3n) is 6.96. The quantitative estimate of drug-likeness (QED) is 0.377. The molecule has 5 rings (SSSR count). The van der Waals surface area contributed by atoms with Crippen molar-refractivity contribution >= 4 is 17.5 Å². The lowest BCUT2D eigenvalue weighted by molar-refractivity contribution is 0.0971. The molecule has 170 valence electrons. The first-order valence-electron chi connectivity index (χ1n) is 11.6. The first-order valence-corrected chi connectivity index (χ1v) is 12.5. The fraction of sp³-hybridized carbons (Fsp3) is 0.321. The summed E-state index contributed by atoms with van der Waals surface area (Å²) in [6, 6.07) is 21.5. The van der Waals surface area contributed by atoms with Gasteiger partial charge in [0.2, 0.25) is 0 Å². The van der Waals surface area contributed by atoms with Crippen LogP contribution in [0.4, 0.5) is 8.78 Å². The van der Waals surface area contributed by atoms with Crippen LogP contribution < -0.4 is 0 Å². The largest absolute Gasteiger partial charge is 0.303 e. The first-order chi connectivity index (χ1) is 16.0. The highest BCUT2D eigenvalue weighted by Gasteiger charge is 2.46. The van der Waals surface area contributed by atoms with E-state index in [1.807, 2.05) is 23.9 Å². The van der Waals surface area contributed by atoms with Crippen LogP contribution in [0.25, 0.3) is 0 Å². The number of Topliss-reactive ketones (excluding diaryl/α,β-unsaturated/α-hetero) is 1. The van der Waals surface area contributed by atoms with Crippen molar-refractivity contribution in [2.24, 2.45) is 0 Å². The van der Waals surface area contributed by atoms with Gasteiger partial charge in [-0.15, -0.1) is 11.8 Å². The average molecular weight is 464 g/mol. The number of nitrogens with zero attached hydrogens (tertiary/aromatic N) is 1. The van der Waals surface area contributed by atoms with Gasteiger partial charge in [0.15, 0.2) is 5.78 Å². The van der Waals surface area contributed by atoms with E-state index in [1.54, 1.807) is 24.3 Å². The van der Waals surface area contributed by atoms with Gasteiger partial charge in [0.05, 0.1) is 5.25 Å². The van der Waals surface area contributed by atoms with Crippen molar-refractivity contribution in [3.8, 4) is 0 Å². The van der Waals surface area contributed by atoms with Crippen molar-refractivity contribution in [2.45, 2.75) is 35.7 Å². The SMILES string of the molecule is O=C(CCCN1CCC2(CC1)SC(c1ccc(F)cc1)c1ccccc12)c1ccc(F)cc1. The van der Waals surface area contributed by atoms with Crippen molar-refractivity contribution in [2.75, 3.05) is 19.6 Å². The highest BCUT2D eigenvalue weighted by Crippen LogP contribution is 2.61. The Morgan fingerprint density at radius 3 is 2.24 bits per heavy atom. The normalized spacial score (nSPS) is 19.5. The van der Waals surface area contributed by atoms with Gasteiger partial charge < -0.3 is 4.90 Å². The predicted octanol–water partition coefficient (Wildman–Crippen LogP) is 6.76. The number of piperidine rings is 1. The monoisotopic (exact) mass is 463 g/mol. The van der Waals surface area contributed by atoms with E-state index in [1.165, 1.54) is 23.3 Å². The van der Waals surface area contributed by atoms with Gasteiger partial charge in [-0.3, -0.25) is 4.79 Å². The number of carbonyl (C=O) groups excluding carboxylic acids is 1. The van der Waals surface area contributed by atoms with Crippen LogP contribution in [-0.4, -0.2) is 30.3 Å². The number of halogens is 2. The number of likely N-dealkylation sites (tertiary alicyclic amines) is 1. The summed E-state index contributed by atoms with van der Waals surface area (Å²) < 4.78 is 26.6. The predicted molar refractivity (Wildman–Crippen MR) is 130 cm³/mol. The highest BCUT2D eigenvalue weighted by atomic mass is 32.2. The maximum atomic E-state index is 13.5.